The first kappa shape index (κ1) is 16.5. The highest BCUT2D eigenvalue weighted by Gasteiger charge is 2.30. The number of benzene rings is 1. The van der Waals surface area contributed by atoms with Crippen LogP contribution in [-0.4, -0.2) is 48.0 Å². The van der Waals surface area contributed by atoms with Gasteiger partial charge in [0.2, 0.25) is 11.7 Å². The first-order chi connectivity index (χ1) is 16.7. The lowest BCUT2D eigenvalue weighted by Crippen LogP contribution is -2.15. The number of para-hydroxylation sites is 1. The molecule has 3 heterocycles. The SMILES string of the molecule is [2H]C([2H])([2H])n1[nH]c2nc(NC(=O)C3CC3)cc(Nc3cccc(-c4nnn(C)n4)c3OC)c2c1=O. The topological polar surface area (TPSA) is 145 Å². The van der Waals surface area contributed by atoms with Crippen LogP contribution in [0.2, 0.25) is 0 Å². The molecule has 12 heteroatoms. The summed E-state index contributed by atoms with van der Waals surface area (Å²) in [5.74, 6) is 0.610. The maximum atomic E-state index is 13.0. The predicted molar refractivity (Wildman–Crippen MR) is 117 cm³/mol. The van der Waals surface area contributed by atoms with Crippen molar-refractivity contribution in [3.05, 3.63) is 34.6 Å². The number of fused-ring (bicyclic) bond motifs is 1. The number of rotatable bonds is 6. The summed E-state index contributed by atoms with van der Waals surface area (Å²) in [6, 6.07) is 6.68. The summed E-state index contributed by atoms with van der Waals surface area (Å²) < 4.78 is 29.1. The van der Waals surface area contributed by atoms with Crippen molar-refractivity contribution in [2.45, 2.75) is 12.8 Å². The molecule has 1 aliphatic rings. The first-order valence-corrected chi connectivity index (χ1v) is 9.81. The van der Waals surface area contributed by atoms with Gasteiger partial charge in [0.25, 0.3) is 5.56 Å². The number of nitrogens with one attached hydrogen (secondary N) is 3. The molecule has 0 radical (unpaired) electrons. The van der Waals surface area contributed by atoms with E-state index in [-0.39, 0.29) is 34.4 Å². The molecule has 32 heavy (non-hydrogen) atoms. The smallest absolute Gasteiger partial charge is 0.277 e. The molecule has 3 N–H and O–H groups in total. The zero-order chi connectivity index (χ0) is 24.9. The Hall–Kier alpha value is -4.22. The molecule has 0 saturated heterocycles. The van der Waals surface area contributed by atoms with E-state index >= 15 is 0 Å². The summed E-state index contributed by atoms with van der Waals surface area (Å²) in [5, 5.41) is 20.5. The van der Waals surface area contributed by atoms with Gasteiger partial charge in [0.05, 0.1) is 31.1 Å². The molecule has 0 spiro atoms. The number of nitrogens with zero attached hydrogens (tertiary/aromatic N) is 6. The molecule has 12 nitrogen and oxygen atoms in total. The van der Waals surface area contributed by atoms with Crippen LogP contribution in [0.5, 0.6) is 5.75 Å². The minimum Gasteiger partial charge on any atom is -0.494 e. The minimum absolute atomic E-state index is 0.00735. The Labute approximate surface area is 185 Å². The summed E-state index contributed by atoms with van der Waals surface area (Å²) in [4.78, 5) is 30.9. The molecule has 0 unspecified atom stereocenters. The Morgan fingerprint density at radius 2 is 2.19 bits per heavy atom. The largest absolute Gasteiger partial charge is 0.494 e. The van der Waals surface area contributed by atoms with Gasteiger partial charge in [-0.2, -0.15) is 4.80 Å². The van der Waals surface area contributed by atoms with Gasteiger partial charge in [-0.1, -0.05) is 6.07 Å². The normalized spacial score (nSPS) is 15.1. The van der Waals surface area contributed by atoms with Gasteiger partial charge in [0.1, 0.15) is 11.2 Å². The molecule has 164 valence electrons. The van der Waals surface area contributed by atoms with Crippen molar-refractivity contribution in [2.24, 2.45) is 19.9 Å². The molecule has 5 rings (SSSR count). The Morgan fingerprint density at radius 3 is 2.88 bits per heavy atom. The molecule has 1 aromatic carbocycles. The van der Waals surface area contributed by atoms with Gasteiger partial charge in [-0.15, -0.1) is 10.2 Å². The Bertz CT molecular complexity index is 1500. The van der Waals surface area contributed by atoms with Crippen molar-refractivity contribution in [3.8, 4) is 17.1 Å². The van der Waals surface area contributed by atoms with Gasteiger partial charge in [0.15, 0.2) is 11.4 Å². The third-order valence-corrected chi connectivity index (χ3v) is 5.09. The maximum absolute atomic E-state index is 13.0. The second-order valence-electron chi connectivity index (χ2n) is 7.41. The molecule has 4 aromatic rings. The van der Waals surface area contributed by atoms with Crippen LogP contribution in [0.1, 0.15) is 17.0 Å². The summed E-state index contributed by atoms with van der Waals surface area (Å²) in [7, 11) is 3.11. The number of hydrogen-bond acceptors (Lipinski definition) is 8. The van der Waals surface area contributed by atoms with Crippen molar-refractivity contribution in [3.63, 3.8) is 0 Å². The molecule has 1 amide bonds. The number of H-pyrrole nitrogens is 1. The number of aromatic nitrogens is 7. The standard InChI is InChI=1S/C20H21N9O3/c1-28-20(31)15-13(9-14(22-18(15)25-28)23-19(30)10-7-8-10)21-12-6-4-5-11(16(12)32-3)17-24-27-29(2)26-17/h4-6,9-10H,7-8H2,1-3H3,(H3,21,22,23,25,30)/i1D3. The number of ether oxygens (including phenoxy) is 1. The molecular formula is C20H21N9O3. The Kier molecular flexibility index (Phi) is 3.85. The number of tetrazole rings is 1. The monoisotopic (exact) mass is 438 g/mol. The van der Waals surface area contributed by atoms with E-state index in [0.717, 1.165) is 12.8 Å². The van der Waals surface area contributed by atoms with E-state index in [2.05, 4.69) is 36.1 Å². The van der Waals surface area contributed by atoms with Crippen molar-refractivity contribution < 1.29 is 13.6 Å². The zero-order valence-electron chi connectivity index (χ0n) is 20.2. The summed E-state index contributed by atoms with van der Waals surface area (Å²) in [5.41, 5.74) is 0.444. The van der Waals surface area contributed by atoms with Crippen LogP contribution in [0.15, 0.2) is 29.1 Å². The summed E-state index contributed by atoms with van der Waals surface area (Å²) >= 11 is 0. The van der Waals surface area contributed by atoms with E-state index < -0.39 is 12.5 Å². The lowest BCUT2D eigenvalue weighted by Gasteiger charge is -2.15. The van der Waals surface area contributed by atoms with Gasteiger partial charge in [-0.25, -0.2) is 4.98 Å². The van der Waals surface area contributed by atoms with Crippen molar-refractivity contribution in [1.82, 2.24) is 35.0 Å². The van der Waals surface area contributed by atoms with Crippen LogP contribution in [0.3, 0.4) is 0 Å². The molecule has 3 aromatic heterocycles. The number of carbonyl (C=O) groups is 1. The highest BCUT2D eigenvalue weighted by Crippen LogP contribution is 2.37. The third-order valence-electron chi connectivity index (χ3n) is 5.09. The van der Waals surface area contributed by atoms with Crippen LogP contribution in [0.4, 0.5) is 17.2 Å². The van der Waals surface area contributed by atoms with Crippen LogP contribution < -0.4 is 20.9 Å². The molecular weight excluding hydrogens is 414 g/mol. The number of anilines is 3. The fraction of sp³-hybridized carbons (Fsp3) is 0.300. The van der Waals surface area contributed by atoms with Crippen LogP contribution >= 0.6 is 0 Å². The average molecular weight is 438 g/mol. The molecule has 0 atom stereocenters. The van der Waals surface area contributed by atoms with E-state index in [9.17, 15) is 9.59 Å². The highest BCUT2D eigenvalue weighted by atomic mass is 16.5. The molecule has 0 bridgehead atoms. The van der Waals surface area contributed by atoms with Crippen molar-refractivity contribution >= 4 is 34.1 Å². The Morgan fingerprint density at radius 1 is 1.34 bits per heavy atom. The van der Waals surface area contributed by atoms with Gasteiger partial charge in [0, 0.05) is 23.1 Å². The van der Waals surface area contributed by atoms with Gasteiger partial charge < -0.3 is 15.4 Å². The van der Waals surface area contributed by atoms with Gasteiger partial charge in [-0.05, 0) is 30.2 Å². The number of carbonyl (C=O) groups excluding carboxylic acids is 1. The first-order valence-electron chi connectivity index (χ1n) is 11.3. The van der Waals surface area contributed by atoms with Crippen molar-refractivity contribution in [1.29, 1.82) is 0 Å². The number of hydrogen-bond donors (Lipinski definition) is 3. The quantitative estimate of drug-likeness (QED) is 0.411. The fourth-order valence-electron chi connectivity index (χ4n) is 3.42. The van der Waals surface area contributed by atoms with Gasteiger partial charge >= 0.3 is 0 Å². The van der Waals surface area contributed by atoms with E-state index in [1.165, 1.54) is 18.0 Å². The maximum Gasteiger partial charge on any atom is 0.277 e. The number of aromatic amines is 1. The van der Waals surface area contributed by atoms with E-state index in [1.54, 1.807) is 25.2 Å². The number of aryl methyl sites for hydroxylation is 2. The third kappa shape index (κ3) is 3.45. The molecule has 1 fully saturated rings. The van der Waals surface area contributed by atoms with E-state index in [4.69, 9.17) is 8.85 Å². The van der Waals surface area contributed by atoms with Crippen LogP contribution in [-0.2, 0) is 18.8 Å². The lowest BCUT2D eigenvalue weighted by molar-refractivity contribution is -0.117. The summed E-state index contributed by atoms with van der Waals surface area (Å²) in [6.45, 7) is -2.75. The minimum atomic E-state index is -2.75. The zero-order valence-corrected chi connectivity index (χ0v) is 17.2. The second-order valence-corrected chi connectivity index (χ2v) is 7.41. The van der Waals surface area contributed by atoms with Crippen LogP contribution in [0, 0.1) is 5.92 Å². The van der Waals surface area contributed by atoms with Crippen LogP contribution in [0.25, 0.3) is 22.4 Å². The molecule has 1 saturated carbocycles. The van der Waals surface area contributed by atoms with Gasteiger partial charge in [-0.3, -0.25) is 19.4 Å². The average Bonchev–Trinajstić information content (AvgIpc) is 3.48. The number of amides is 1. The molecule has 1 aliphatic carbocycles. The Balaban J connectivity index is 1.64. The molecule has 0 aliphatic heterocycles. The van der Waals surface area contributed by atoms with E-state index in [0.29, 0.717) is 27.5 Å². The predicted octanol–water partition coefficient (Wildman–Crippen LogP) is 1.55. The number of pyridine rings is 1. The summed E-state index contributed by atoms with van der Waals surface area (Å²) in [6.07, 6.45) is 1.59. The lowest BCUT2D eigenvalue weighted by atomic mass is 10.1. The fourth-order valence-corrected chi connectivity index (χ4v) is 3.42. The highest BCUT2D eigenvalue weighted by molar-refractivity contribution is 5.98. The van der Waals surface area contributed by atoms with E-state index in [1.807, 2.05) is 0 Å². The number of methoxy groups -OCH3 is 1. The van der Waals surface area contributed by atoms with Crippen molar-refractivity contribution in [2.75, 3.05) is 17.7 Å². The second kappa shape index (κ2) is 7.48.